The highest BCUT2D eigenvalue weighted by Gasteiger charge is 2.06. The van der Waals surface area contributed by atoms with E-state index in [1.807, 2.05) is 6.92 Å². The van der Waals surface area contributed by atoms with Crippen molar-refractivity contribution in [2.24, 2.45) is 0 Å². The maximum absolute atomic E-state index is 9.24. The van der Waals surface area contributed by atoms with Crippen molar-refractivity contribution in [3.05, 3.63) is 29.6 Å². The molecule has 1 heterocycles. The molecule has 0 saturated heterocycles. The zero-order chi connectivity index (χ0) is 12.8. The first kappa shape index (κ1) is 14.1. The van der Waals surface area contributed by atoms with Gasteiger partial charge >= 0.3 is 0 Å². The molecule has 1 unspecified atom stereocenters. The van der Waals surface area contributed by atoms with Gasteiger partial charge in [0.2, 0.25) is 0 Å². The largest absolute Gasteiger partial charge is 0.393 e. The van der Waals surface area contributed by atoms with Crippen molar-refractivity contribution in [3.63, 3.8) is 0 Å². The predicted octanol–water partition coefficient (Wildman–Crippen LogP) is 2.41. The summed E-state index contributed by atoms with van der Waals surface area (Å²) in [4.78, 5) is 6.83. The van der Waals surface area contributed by atoms with Crippen molar-refractivity contribution in [2.45, 2.75) is 45.8 Å². The zero-order valence-corrected chi connectivity index (χ0v) is 11.3. The van der Waals surface area contributed by atoms with Crippen LogP contribution in [-0.4, -0.2) is 34.7 Å². The molecule has 0 bridgehead atoms. The first-order chi connectivity index (χ1) is 7.99. The van der Waals surface area contributed by atoms with Crippen LogP contribution >= 0.6 is 0 Å². The highest BCUT2D eigenvalue weighted by Crippen LogP contribution is 2.12. The second-order valence-electron chi connectivity index (χ2n) is 5.08. The summed E-state index contributed by atoms with van der Waals surface area (Å²) in [7, 11) is 2.06. The number of nitrogens with zero attached hydrogens (tertiary/aromatic N) is 2. The molecule has 0 aliphatic carbocycles. The fourth-order valence-corrected chi connectivity index (χ4v) is 1.67. The third kappa shape index (κ3) is 5.29. The highest BCUT2D eigenvalue weighted by molar-refractivity contribution is 5.13. The number of rotatable bonds is 6. The monoisotopic (exact) mass is 236 g/mol. The summed E-state index contributed by atoms with van der Waals surface area (Å²) in [6.07, 6.45) is 0.577. The lowest BCUT2D eigenvalue weighted by atomic mass is 10.1. The maximum Gasteiger partial charge on any atom is 0.0547 e. The molecular weight excluding hydrogens is 212 g/mol. The average molecular weight is 236 g/mol. The lowest BCUT2D eigenvalue weighted by Crippen LogP contribution is -2.22. The fraction of sp³-hybridized carbons (Fsp3) is 0.643. The molecule has 0 aromatic carbocycles. The molecule has 1 aromatic rings. The first-order valence-corrected chi connectivity index (χ1v) is 6.31. The van der Waals surface area contributed by atoms with Crippen LogP contribution in [0.2, 0.25) is 0 Å². The Labute approximate surface area is 104 Å². The molecule has 0 radical (unpaired) electrons. The fourth-order valence-electron chi connectivity index (χ4n) is 1.67. The van der Waals surface area contributed by atoms with Crippen LogP contribution in [0.5, 0.6) is 0 Å². The van der Waals surface area contributed by atoms with E-state index in [0.717, 1.165) is 30.9 Å². The van der Waals surface area contributed by atoms with Gasteiger partial charge < -0.3 is 10.0 Å². The molecule has 0 spiro atoms. The Hall–Kier alpha value is -0.930. The molecular formula is C14H24N2O. The van der Waals surface area contributed by atoms with E-state index in [9.17, 15) is 5.11 Å². The normalized spacial score (nSPS) is 13.4. The van der Waals surface area contributed by atoms with Gasteiger partial charge in [-0.3, -0.25) is 4.98 Å². The summed E-state index contributed by atoms with van der Waals surface area (Å²) in [6.45, 7) is 7.87. The topological polar surface area (TPSA) is 36.4 Å². The Morgan fingerprint density at radius 1 is 1.29 bits per heavy atom. The van der Waals surface area contributed by atoms with Gasteiger partial charge in [-0.05, 0) is 38.4 Å². The molecule has 0 aliphatic heterocycles. The summed E-state index contributed by atoms with van der Waals surface area (Å²) in [5.41, 5.74) is 2.25. The van der Waals surface area contributed by atoms with Crippen molar-refractivity contribution in [2.75, 3.05) is 13.6 Å². The van der Waals surface area contributed by atoms with E-state index in [1.54, 1.807) is 0 Å². The second-order valence-corrected chi connectivity index (χ2v) is 5.08. The molecule has 1 rings (SSSR count). The Morgan fingerprint density at radius 2 is 2.00 bits per heavy atom. The molecule has 17 heavy (non-hydrogen) atoms. The van der Waals surface area contributed by atoms with E-state index < -0.39 is 0 Å². The molecule has 1 aromatic heterocycles. The molecule has 0 amide bonds. The Bertz CT molecular complexity index is 337. The highest BCUT2D eigenvalue weighted by atomic mass is 16.3. The van der Waals surface area contributed by atoms with Crippen LogP contribution in [0.15, 0.2) is 18.2 Å². The lowest BCUT2D eigenvalue weighted by Gasteiger charge is -2.17. The van der Waals surface area contributed by atoms with Gasteiger partial charge in [0.25, 0.3) is 0 Å². The summed E-state index contributed by atoms with van der Waals surface area (Å²) in [6, 6.07) is 6.20. The van der Waals surface area contributed by atoms with Gasteiger partial charge in [0.15, 0.2) is 0 Å². The van der Waals surface area contributed by atoms with Crippen LogP contribution in [0.1, 0.15) is 44.5 Å². The van der Waals surface area contributed by atoms with Crippen LogP contribution in [-0.2, 0) is 6.54 Å². The minimum Gasteiger partial charge on any atom is -0.393 e. The van der Waals surface area contributed by atoms with E-state index in [4.69, 9.17) is 0 Å². The summed E-state index contributed by atoms with van der Waals surface area (Å²) in [5.74, 6) is 0.470. The van der Waals surface area contributed by atoms with Crippen LogP contribution in [0.3, 0.4) is 0 Å². The Morgan fingerprint density at radius 3 is 2.59 bits per heavy atom. The van der Waals surface area contributed by atoms with E-state index in [2.05, 4.69) is 49.0 Å². The second kappa shape index (κ2) is 6.72. The number of aromatic nitrogens is 1. The number of hydrogen-bond donors (Lipinski definition) is 1. The van der Waals surface area contributed by atoms with Crippen molar-refractivity contribution in [1.82, 2.24) is 9.88 Å². The van der Waals surface area contributed by atoms with Gasteiger partial charge in [-0.1, -0.05) is 19.9 Å². The van der Waals surface area contributed by atoms with Gasteiger partial charge in [-0.15, -0.1) is 0 Å². The van der Waals surface area contributed by atoms with Crippen molar-refractivity contribution < 1.29 is 5.11 Å². The van der Waals surface area contributed by atoms with Crippen LogP contribution in [0.4, 0.5) is 0 Å². The van der Waals surface area contributed by atoms with E-state index in [0.29, 0.717) is 5.92 Å². The van der Waals surface area contributed by atoms with Crippen LogP contribution in [0.25, 0.3) is 0 Å². The van der Waals surface area contributed by atoms with Crippen molar-refractivity contribution in [3.8, 4) is 0 Å². The predicted molar refractivity (Wildman–Crippen MR) is 71.0 cm³/mol. The molecule has 3 nitrogen and oxygen atoms in total. The lowest BCUT2D eigenvalue weighted by molar-refractivity contribution is 0.162. The van der Waals surface area contributed by atoms with E-state index in [1.165, 1.54) is 0 Å². The molecule has 0 fully saturated rings. The van der Waals surface area contributed by atoms with Gasteiger partial charge in [-0.25, -0.2) is 0 Å². The number of aliphatic hydroxyl groups excluding tert-OH is 1. The van der Waals surface area contributed by atoms with Crippen LogP contribution in [0, 0.1) is 0 Å². The molecule has 0 aliphatic rings. The SMILES string of the molecule is CC(O)CCN(C)Cc1cccc(C(C)C)n1. The number of hydrogen-bond acceptors (Lipinski definition) is 3. The first-order valence-electron chi connectivity index (χ1n) is 6.31. The third-order valence-corrected chi connectivity index (χ3v) is 2.78. The summed E-state index contributed by atoms with van der Waals surface area (Å²) in [5, 5.41) is 9.24. The Kier molecular flexibility index (Phi) is 5.59. The smallest absolute Gasteiger partial charge is 0.0547 e. The van der Waals surface area contributed by atoms with Crippen molar-refractivity contribution >= 4 is 0 Å². The molecule has 96 valence electrons. The van der Waals surface area contributed by atoms with E-state index >= 15 is 0 Å². The van der Waals surface area contributed by atoms with Gasteiger partial charge in [0.1, 0.15) is 0 Å². The zero-order valence-electron chi connectivity index (χ0n) is 11.3. The molecule has 1 N–H and O–H groups in total. The van der Waals surface area contributed by atoms with Crippen molar-refractivity contribution in [1.29, 1.82) is 0 Å². The molecule has 1 atom stereocenters. The van der Waals surface area contributed by atoms with Crippen LogP contribution < -0.4 is 0 Å². The minimum atomic E-state index is -0.229. The molecule has 3 heteroatoms. The quantitative estimate of drug-likeness (QED) is 0.824. The van der Waals surface area contributed by atoms with E-state index in [-0.39, 0.29) is 6.10 Å². The maximum atomic E-state index is 9.24. The number of pyridine rings is 1. The summed E-state index contributed by atoms with van der Waals surface area (Å²) >= 11 is 0. The van der Waals surface area contributed by atoms with Gasteiger partial charge in [0.05, 0.1) is 11.8 Å². The number of aliphatic hydroxyl groups is 1. The Balaban J connectivity index is 2.53. The third-order valence-electron chi connectivity index (χ3n) is 2.78. The molecule has 0 saturated carbocycles. The summed E-state index contributed by atoms with van der Waals surface area (Å²) < 4.78 is 0. The minimum absolute atomic E-state index is 0.229. The average Bonchev–Trinajstić information content (AvgIpc) is 2.26. The van der Waals surface area contributed by atoms with Gasteiger partial charge in [-0.2, -0.15) is 0 Å². The standard InChI is InChI=1S/C14H24N2O/c1-11(2)14-7-5-6-13(15-14)10-16(4)9-8-12(3)17/h5-7,11-12,17H,8-10H2,1-4H3. The van der Waals surface area contributed by atoms with Gasteiger partial charge in [0, 0.05) is 18.8 Å².